The maximum atomic E-state index is 11.6. The van der Waals surface area contributed by atoms with Crippen LogP contribution in [0.2, 0.25) is 0 Å². The fourth-order valence-electron chi connectivity index (χ4n) is 1.64. The third-order valence-corrected chi connectivity index (χ3v) is 2.52. The quantitative estimate of drug-likeness (QED) is 0.722. The van der Waals surface area contributed by atoms with Crippen LogP contribution in [0.3, 0.4) is 0 Å². The van der Waals surface area contributed by atoms with Gasteiger partial charge in [-0.1, -0.05) is 12.1 Å². The predicted molar refractivity (Wildman–Crippen MR) is 73.9 cm³/mol. The highest BCUT2D eigenvalue weighted by Crippen LogP contribution is 2.19. The molecule has 0 aliphatic heterocycles. The summed E-state index contributed by atoms with van der Waals surface area (Å²) in [6.07, 6.45) is 0. The Morgan fingerprint density at radius 2 is 2.10 bits per heavy atom. The highest BCUT2D eigenvalue weighted by Gasteiger charge is 2.13. The highest BCUT2D eigenvalue weighted by molar-refractivity contribution is 6.39. The summed E-state index contributed by atoms with van der Waals surface area (Å²) >= 11 is 0. The van der Waals surface area contributed by atoms with Crippen molar-refractivity contribution in [1.29, 1.82) is 0 Å². The van der Waals surface area contributed by atoms with Crippen molar-refractivity contribution in [2.75, 3.05) is 11.9 Å². The van der Waals surface area contributed by atoms with E-state index in [0.717, 1.165) is 5.56 Å². The number of anilines is 1. The molecule has 3 N–H and O–H groups in total. The molecule has 0 bridgehead atoms. The first-order valence-corrected chi connectivity index (χ1v) is 6.18. The minimum atomic E-state index is -0.699. The average Bonchev–Trinajstić information content (AvgIpc) is 2.86. The SMILES string of the molecule is CCNC(=O)C(=O)Nc1cccc(-c2n[nH]c(C)n2)c1. The van der Waals surface area contributed by atoms with Gasteiger partial charge in [-0.2, -0.15) is 5.10 Å². The molecule has 0 radical (unpaired) electrons. The summed E-state index contributed by atoms with van der Waals surface area (Å²) in [5, 5.41) is 11.8. The highest BCUT2D eigenvalue weighted by atomic mass is 16.2. The molecule has 2 aromatic rings. The number of hydrogen-bond acceptors (Lipinski definition) is 4. The van der Waals surface area contributed by atoms with Crippen LogP contribution in [0.4, 0.5) is 5.69 Å². The molecule has 7 heteroatoms. The summed E-state index contributed by atoms with van der Waals surface area (Å²) in [6.45, 7) is 3.96. The second kappa shape index (κ2) is 5.96. The van der Waals surface area contributed by atoms with E-state index in [0.29, 0.717) is 23.9 Å². The molecule has 0 unspecified atom stereocenters. The molecule has 2 rings (SSSR count). The molecule has 0 spiro atoms. The number of carbonyl (C=O) groups excluding carboxylic acids is 2. The van der Waals surface area contributed by atoms with E-state index in [1.807, 2.05) is 6.07 Å². The van der Waals surface area contributed by atoms with Crippen LogP contribution >= 0.6 is 0 Å². The lowest BCUT2D eigenvalue weighted by Gasteiger charge is -2.05. The topological polar surface area (TPSA) is 99.8 Å². The van der Waals surface area contributed by atoms with Gasteiger partial charge in [-0.15, -0.1) is 0 Å². The van der Waals surface area contributed by atoms with Crippen molar-refractivity contribution in [3.05, 3.63) is 30.1 Å². The lowest BCUT2D eigenvalue weighted by atomic mass is 10.2. The number of aromatic nitrogens is 3. The van der Waals surface area contributed by atoms with Gasteiger partial charge in [0.25, 0.3) is 0 Å². The van der Waals surface area contributed by atoms with Crippen molar-refractivity contribution in [1.82, 2.24) is 20.5 Å². The summed E-state index contributed by atoms with van der Waals surface area (Å²) < 4.78 is 0. The first-order chi connectivity index (χ1) is 9.60. The molecule has 0 aliphatic carbocycles. The second-order valence-electron chi connectivity index (χ2n) is 4.14. The van der Waals surface area contributed by atoms with E-state index in [2.05, 4.69) is 25.8 Å². The van der Waals surface area contributed by atoms with Gasteiger partial charge in [0, 0.05) is 17.8 Å². The standard InChI is InChI=1S/C13H15N5O2/c1-3-14-12(19)13(20)16-10-6-4-5-9(7-10)11-15-8(2)17-18-11/h4-7H,3H2,1-2H3,(H,14,19)(H,16,20)(H,15,17,18). The first-order valence-electron chi connectivity index (χ1n) is 6.18. The van der Waals surface area contributed by atoms with E-state index in [4.69, 9.17) is 0 Å². The minimum Gasteiger partial charge on any atom is -0.348 e. The van der Waals surface area contributed by atoms with E-state index < -0.39 is 11.8 Å². The van der Waals surface area contributed by atoms with Crippen LogP contribution in [-0.2, 0) is 9.59 Å². The van der Waals surface area contributed by atoms with Gasteiger partial charge in [0.1, 0.15) is 5.82 Å². The van der Waals surface area contributed by atoms with Gasteiger partial charge in [-0.05, 0) is 26.0 Å². The van der Waals surface area contributed by atoms with E-state index >= 15 is 0 Å². The van der Waals surface area contributed by atoms with Gasteiger partial charge in [0.05, 0.1) is 0 Å². The Labute approximate surface area is 115 Å². The van der Waals surface area contributed by atoms with Crippen LogP contribution in [0.25, 0.3) is 11.4 Å². The van der Waals surface area contributed by atoms with Crippen LogP contribution in [0.1, 0.15) is 12.7 Å². The molecular weight excluding hydrogens is 258 g/mol. The smallest absolute Gasteiger partial charge is 0.313 e. The van der Waals surface area contributed by atoms with Crippen molar-refractivity contribution in [2.24, 2.45) is 0 Å². The van der Waals surface area contributed by atoms with Gasteiger partial charge in [-0.3, -0.25) is 14.7 Å². The number of rotatable bonds is 3. The molecule has 2 amide bonds. The largest absolute Gasteiger partial charge is 0.348 e. The molecule has 20 heavy (non-hydrogen) atoms. The van der Waals surface area contributed by atoms with E-state index in [9.17, 15) is 9.59 Å². The lowest BCUT2D eigenvalue weighted by Crippen LogP contribution is -2.35. The van der Waals surface area contributed by atoms with E-state index in [-0.39, 0.29) is 0 Å². The monoisotopic (exact) mass is 273 g/mol. The Morgan fingerprint density at radius 3 is 2.75 bits per heavy atom. The molecule has 0 saturated heterocycles. The number of likely N-dealkylation sites (N-methyl/N-ethyl adjacent to an activating group) is 1. The third kappa shape index (κ3) is 3.19. The van der Waals surface area contributed by atoms with Gasteiger partial charge < -0.3 is 10.6 Å². The first kappa shape index (κ1) is 13.7. The van der Waals surface area contributed by atoms with Crippen molar-refractivity contribution >= 4 is 17.5 Å². The number of nitrogens with one attached hydrogen (secondary N) is 3. The Morgan fingerprint density at radius 1 is 1.30 bits per heavy atom. The number of carbonyl (C=O) groups is 2. The molecule has 0 atom stereocenters. The zero-order valence-corrected chi connectivity index (χ0v) is 11.2. The normalized spacial score (nSPS) is 10.1. The van der Waals surface area contributed by atoms with Crippen LogP contribution in [-0.4, -0.2) is 33.5 Å². The number of hydrogen-bond donors (Lipinski definition) is 3. The van der Waals surface area contributed by atoms with Crippen LogP contribution < -0.4 is 10.6 Å². The Balaban J connectivity index is 2.14. The summed E-state index contributed by atoms with van der Waals surface area (Å²) in [5.74, 6) is -0.116. The Bertz CT molecular complexity index is 635. The van der Waals surface area contributed by atoms with E-state index in [1.165, 1.54) is 0 Å². The van der Waals surface area contributed by atoms with Gasteiger partial charge in [-0.25, -0.2) is 4.98 Å². The van der Waals surface area contributed by atoms with Crippen LogP contribution in [0.5, 0.6) is 0 Å². The number of H-pyrrole nitrogens is 1. The number of aryl methyl sites for hydroxylation is 1. The molecule has 0 saturated carbocycles. The predicted octanol–water partition coefficient (Wildman–Crippen LogP) is 0.855. The summed E-state index contributed by atoms with van der Waals surface area (Å²) in [5.41, 5.74) is 1.27. The molecule has 0 fully saturated rings. The van der Waals surface area contributed by atoms with Crippen molar-refractivity contribution in [3.8, 4) is 11.4 Å². The number of amides is 2. The zero-order chi connectivity index (χ0) is 14.5. The Kier molecular flexibility index (Phi) is 4.09. The zero-order valence-electron chi connectivity index (χ0n) is 11.2. The number of aromatic amines is 1. The van der Waals surface area contributed by atoms with Gasteiger partial charge in [0.2, 0.25) is 0 Å². The number of nitrogens with zero attached hydrogens (tertiary/aromatic N) is 2. The van der Waals surface area contributed by atoms with Crippen molar-refractivity contribution < 1.29 is 9.59 Å². The molecule has 1 aromatic carbocycles. The molecule has 1 heterocycles. The Hall–Kier alpha value is -2.70. The van der Waals surface area contributed by atoms with Gasteiger partial charge >= 0.3 is 11.8 Å². The fraction of sp³-hybridized carbons (Fsp3) is 0.231. The third-order valence-electron chi connectivity index (χ3n) is 2.52. The molecular formula is C13H15N5O2. The summed E-state index contributed by atoms with van der Waals surface area (Å²) in [6, 6.07) is 6.98. The van der Waals surface area contributed by atoms with Crippen LogP contribution in [0, 0.1) is 6.92 Å². The average molecular weight is 273 g/mol. The molecule has 1 aromatic heterocycles. The fourth-order valence-corrected chi connectivity index (χ4v) is 1.64. The summed E-state index contributed by atoms with van der Waals surface area (Å²) in [7, 11) is 0. The second-order valence-corrected chi connectivity index (χ2v) is 4.14. The van der Waals surface area contributed by atoms with Crippen molar-refractivity contribution in [3.63, 3.8) is 0 Å². The summed E-state index contributed by atoms with van der Waals surface area (Å²) in [4.78, 5) is 27.2. The number of benzene rings is 1. The van der Waals surface area contributed by atoms with Crippen molar-refractivity contribution in [2.45, 2.75) is 13.8 Å². The maximum Gasteiger partial charge on any atom is 0.313 e. The molecule has 104 valence electrons. The maximum absolute atomic E-state index is 11.6. The van der Waals surface area contributed by atoms with Gasteiger partial charge in [0.15, 0.2) is 5.82 Å². The molecule has 0 aliphatic rings. The van der Waals surface area contributed by atoms with Crippen LogP contribution in [0.15, 0.2) is 24.3 Å². The molecule has 7 nitrogen and oxygen atoms in total. The minimum absolute atomic E-state index is 0.406. The van der Waals surface area contributed by atoms with E-state index in [1.54, 1.807) is 32.0 Å². The lowest BCUT2D eigenvalue weighted by molar-refractivity contribution is -0.136.